The van der Waals surface area contributed by atoms with Gasteiger partial charge in [0.1, 0.15) is 48.8 Å². The second-order valence-corrected chi connectivity index (χ2v) is 11.1. The lowest BCUT2D eigenvalue weighted by Crippen LogP contribution is -2.61. The number of carbonyl (C=O) groups excluding carboxylic acids is 4. The van der Waals surface area contributed by atoms with Crippen molar-refractivity contribution in [3.63, 3.8) is 0 Å². The monoisotopic (exact) mass is 662 g/mol. The molecule has 2 bridgehead atoms. The Hall–Kier alpha value is -4.82. The van der Waals surface area contributed by atoms with Crippen molar-refractivity contribution >= 4 is 35.8 Å². The van der Waals surface area contributed by atoms with Gasteiger partial charge in [0.25, 0.3) is 5.79 Å². The number of carbonyl (C=O) groups is 4. The number of hydrogen-bond acceptors (Lipinski definition) is 16. The van der Waals surface area contributed by atoms with Crippen molar-refractivity contribution in [2.75, 3.05) is 37.7 Å². The Morgan fingerprint density at radius 1 is 1.21 bits per heavy atom. The van der Waals surface area contributed by atoms with Crippen molar-refractivity contribution in [1.82, 2.24) is 14.5 Å². The number of nitrogens with zero attached hydrogens (tertiary/aromatic N) is 4. The number of aliphatic hydroxyl groups is 3. The average Bonchev–Trinajstić information content (AvgIpc) is 3.70. The van der Waals surface area contributed by atoms with Crippen LogP contribution in [0.3, 0.4) is 0 Å². The highest BCUT2D eigenvalue weighted by atomic mass is 16.8. The first-order chi connectivity index (χ1) is 22.3. The van der Waals surface area contributed by atoms with Crippen LogP contribution in [-0.2, 0) is 28.6 Å². The van der Waals surface area contributed by atoms with E-state index < -0.39 is 66.6 Å². The lowest BCUT2D eigenvalue weighted by molar-refractivity contribution is -0.265. The molecule has 6 rings (SSSR count). The summed E-state index contributed by atoms with van der Waals surface area (Å²) in [5, 5.41) is 29.6. The van der Waals surface area contributed by atoms with E-state index in [-0.39, 0.29) is 24.4 Å². The van der Waals surface area contributed by atoms with Crippen molar-refractivity contribution in [3.8, 4) is 5.75 Å². The van der Waals surface area contributed by atoms with Crippen LogP contribution in [-0.4, -0.2) is 117 Å². The molecular formula is C28H34N6O13. The largest absolute Gasteiger partial charge is 0.496 e. The van der Waals surface area contributed by atoms with Crippen LogP contribution in [0.15, 0.2) is 29.2 Å². The molecular weight excluding hydrogens is 628 g/mol. The van der Waals surface area contributed by atoms with Gasteiger partial charge in [-0.15, -0.1) is 0 Å². The molecule has 1 aromatic heterocycles. The normalized spacial score (nSPS) is 29.8. The number of aromatic nitrogens is 2. The minimum Gasteiger partial charge on any atom is -0.496 e. The minimum absolute atomic E-state index is 0.0537. The molecule has 8 atom stereocenters. The van der Waals surface area contributed by atoms with E-state index in [0.29, 0.717) is 35.4 Å². The number of fused-ring (bicyclic) bond motifs is 6. The molecule has 254 valence electrons. The van der Waals surface area contributed by atoms with Gasteiger partial charge in [-0.05, 0) is 18.2 Å². The topological polar surface area (TPSA) is 268 Å². The molecule has 0 aliphatic carbocycles. The lowest BCUT2D eigenvalue weighted by Gasteiger charge is -2.49. The highest BCUT2D eigenvalue weighted by Gasteiger charge is 2.73. The summed E-state index contributed by atoms with van der Waals surface area (Å²) in [4.78, 5) is 69.7. The van der Waals surface area contributed by atoms with E-state index in [9.17, 15) is 34.2 Å². The van der Waals surface area contributed by atoms with Crippen LogP contribution < -0.4 is 27.0 Å². The number of benzene rings is 1. The fraction of sp³-hybridized carbons (Fsp3) is 0.500. The zero-order valence-corrected chi connectivity index (χ0v) is 25.4. The molecule has 0 radical (unpaired) electrons. The van der Waals surface area contributed by atoms with Crippen molar-refractivity contribution in [3.05, 3.63) is 46.0 Å². The number of esters is 1. The molecule has 4 aliphatic heterocycles. The Morgan fingerprint density at radius 3 is 2.49 bits per heavy atom. The first kappa shape index (κ1) is 33.5. The number of anilines is 2. The third kappa shape index (κ3) is 5.94. The van der Waals surface area contributed by atoms with Gasteiger partial charge < -0.3 is 50.6 Å². The summed E-state index contributed by atoms with van der Waals surface area (Å²) in [6.07, 6.45) is -3.62. The first-order valence-electron chi connectivity index (χ1n) is 14.3. The van der Waals surface area contributed by atoms with Gasteiger partial charge in [0.2, 0.25) is 5.91 Å². The molecule has 19 heteroatoms. The number of primary amides is 1. The molecule has 1 aromatic carbocycles. The fourth-order valence-corrected chi connectivity index (χ4v) is 6.31. The molecule has 3 saturated heterocycles. The van der Waals surface area contributed by atoms with Crippen LogP contribution in [0.4, 0.5) is 16.3 Å². The number of rotatable bonds is 7. The standard InChI is InChI=1S/C19H21N3O8.C9H13N3O5/c1-9(24)22-14-6-21-13-4-11(7-23)5-15(27-3)16(13)12(8-28-18(20)26)19(30-21,17(14)22)29-10(2)25;10-5-1-2-12(9(16)11-5)8-7(15)6(14)4(3-13)17-8/h4-5,7,12,14,17H,6,8H2,1-3H3,(H2,20,26);1-2,4,6-8,13-15H,3H2,(H2,10,11,16)/t;4-,6-,7+,8-/m.1/s1. The zero-order chi connectivity index (χ0) is 34.4. The number of nitrogens with two attached hydrogens (primary N) is 2. The number of nitrogen functional groups attached to an aromatic ring is 1. The molecule has 3 fully saturated rings. The van der Waals surface area contributed by atoms with Gasteiger partial charge in [-0.2, -0.15) is 4.98 Å². The Labute approximate surface area is 266 Å². The third-order valence-electron chi connectivity index (χ3n) is 8.25. The summed E-state index contributed by atoms with van der Waals surface area (Å²) in [6, 6.07) is 3.63. The molecule has 2 aromatic rings. The van der Waals surface area contributed by atoms with Crippen molar-refractivity contribution in [1.29, 1.82) is 0 Å². The number of methoxy groups -OCH3 is 1. The van der Waals surface area contributed by atoms with E-state index in [1.165, 1.54) is 44.4 Å². The predicted molar refractivity (Wildman–Crippen MR) is 156 cm³/mol. The van der Waals surface area contributed by atoms with E-state index in [4.69, 9.17) is 40.4 Å². The number of aliphatic hydroxyl groups excluding tert-OH is 3. The van der Waals surface area contributed by atoms with Crippen LogP contribution in [0.25, 0.3) is 0 Å². The number of aldehydes is 1. The maximum Gasteiger partial charge on any atom is 0.404 e. The summed E-state index contributed by atoms with van der Waals surface area (Å²) in [7, 11) is 1.43. The lowest BCUT2D eigenvalue weighted by atomic mass is 9.82. The predicted octanol–water partition coefficient (Wildman–Crippen LogP) is -2.25. The number of amides is 2. The second kappa shape index (κ2) is 12.8. The Kier molecular flexibility index (Phi) is 9.11. The van der Waals surface area contributed by atoms with Crippen molar-refractivity contribution in [2.24, 2.45) is 5.73 Å². The fourth-order valence-electron chi connectivity index (χ4n) is 6.31. The van der Waals surface area contributed by atoms with Gasteiger partial charge in [0.05, 0.1) is 37.9 Å². The molecule has 19 nitrogen and oxygen atoms in total. The van der Waals surface area contributed by atoms with E-state index in [1.807, 2.05) is 0 Å². The molecule has 5 heterocycles. The number of hydrogen-bond donors (Lipinski definition) is 5. The van der Waals surface area contributed by atoms with Gasteiger partial charge in [-0.3, -0.25) is 19.0 Å². The van der Waals surface area contributed by atoms with Gasteiger partial charge >= 0.3 is 17.8 Å². The highest BCUT2D eigenvalue weighted by molar-refractivity contribution is 5.82. The summed E-state index contributed by atoms with van der Waals surface area (Å²) in [5.74, 6) is -2.99. The highest BCUT2D eigenvalue weighted by Crippen LogP contribution is 2.58. The van der Waals surface area contributed by atoms with E-state index >= 15 is 0 Å². The van der Waals surface area contributed by atoms with E-state index in [2.05, 4.69) is 4.98 Å². The quantitative estimate of drug-likeness (QED) is 0.119. The summed E-state index contributed by atoms with van der Waals surface area (Å²) in [5.41, 5.74) is 11.2. The SMILES string of the molecule is COc1cc(C=O)cc2c1C(COC(N)=O)C1(OC(C)=O)ON2CC2C1N2C(C)=O.Nc1ccn([C@@H]2O[C@H](CO)[C@@H](O)[C@@H]2O)c(=O)n1. The van der Waals surface area contributed by atoms with Crippen LogP contribution in [0.5, 0.6) is 5.75 Å². The summed E-state index contributed by atoms with van der Waals surface area (Å²) >= 11 is 0. The first-order valence-corrected chi connectivity index (χ1v) is 14.3. The van der Waals surface area contributed by atoms with Gasteiger partial charge in [-0.1, -0.05) is 0 Å². The Balaban J connectivity index is 0.000000216. The smallest absolute Gasteiger partial charge is 0.404 e. The number of ether oxygens (including phenoxy) is 4. The molecule has 0 saturated carbocycles. The molecule has 2 amide bonds. The van der Waals surface area contributed by atoms with Gasteiger partial charge in [0, 0.05) is 31.2 Å². The molecule has 0 spiro atoms. The van der Waals surface area contributed by atoms with E-state index in [1.54, 1.807) is 11.0 Å². The number of hydroxylamine groups is 1. The van der Waals surface area contributed by atoms with Crippen LogP contribution >= 0.6 is 0 Å². The summed E-state index contributed by atoms with van der Waals surface area (Å²) in [6.45, 7) is 2.18. The Bertz CT molecular complexity index is 1640. The summed E-state index contributed by atoms with van der Waals surface area (Å²) < 4.78 is 22.4. The van der Waals surface area contributed by atoms with Crippen LogP contribution in [0.1, 0.15) is 41.9 Å². The van der Waals surface area contributed by atoms with Crippen molar-refractivity contribution < 1.29 is 58.3 Å². The van der Waals surface area contributed by atoms with Crippen LogP contribution in [0, 0.1) is 0 Å². The van der Waals surface area contributed by atoms with E-state index in [0.717, 1.165) is 4.57 Å². The maximum atomic E-state index is 12.2. The van der Waals surface area contributed by atoms with Gasteiger partial charge in [0.15, 0.2) is 6.23 Å². The second-order valence-electron chi connectivity index (χ2n) is 11.1. The van der Waals surface area contributed by atoms with Crippen LogP contribution in [0.2, 0.25) is 0 Å². The zero-order valence-electron chi connectivity index (χ0n) is 25.4. The Morgan fingerprint density at radius 2 is 1.94 bits per heavy atom. The van der Waals surface area contributed by atoms with Crippen molar-refractivity contribution in [2.45, 2.75) is 62.2 Å². The maximum absolute atomic E-state index is 12.2. The molecule has 7 N–H and O–H groups in total. The molecule has 4 unspecified atom stereocenters. The third-order valence-corrected chi connectivity index (χ3v) is 8.25. The minimum atomic E-state index is -1.65. The molecule has 47 heavy (non-hydrogen) atoms. The molecule has 4 aliphatic rings. The average molecular weight is 663 g/mol. The van der Waals surface area contributed by atoms with Gasteiger partial charge in [-0.25, -0.2) is 19.5 Å².